The van der Waals surface area contributed by atoms with Gasteiger partial charge >= 0.3 is 0 Å². The first kappa shape index (κ1) is 9.37. The summed E-state index contributed by atoms with van der Waals surface area (Å²) in [5.74, 6) is -0.312. The van der Waals surface area contributed by atoms with Gasteiger partial charge in [-0.1, -0.05) is 19.9 Å². The molecule has 0 aromatic heterocycles. The minimum absolute atomic E-state index is 0.0137. The zero-order valence-electron chi connectivity index (χ0n) is 6.45. The van der Waals surface area contributed by atoms with Crippen molar-refractivity contribution in [3.63, 3.8) is 0 Å². The van der Waals surface area contributed by atoms with Crippen molar-refractivity contribution in [2.24, 2.45) is 11.8 Å². The van der Waals surface area contributed by atoms with Crippen LogP contribution in [0.25, 0.3) is 0 Å². The van der Waals surface area contributed by atoms with E-state index in [0.717, 1.165) is 6.29 Å². The molecule has 0 bridgehead atoms. The van der Waals surface area contributed by atoms with Crippen molar-refractivity contribution in [1.82, 2.24) is 0 Å². The summed E-state index contributed by atoms with van der Waals surface area (Å²) in [6, 6.07) is 0. The SMILES string of the molecule is C=CC(C)C(O)C(C)C=O. The minimum atomic E-state index is -0.588. The lowest BCUT2D eigenvalue weighted by Gasteiger charge is -2.17. The van der Waals surface area contributed by atoms with Crippen LogP contribution in [0.5, 0.6) is 0 Å². The van der Waals surface area contributed by atoms with Crippen LogP contribution in [-0.4, -0.2) is 17.5 Å². The van der Waals surface area contributed by atoms with Crippen molar-refractivity contribution < 1.29 is 9.90 Å². The van der Waals surface area contributed by atoms with Crippen LogP contribution >= 0.6 is 0 Å². The Kier molecular flexibility index (Phi) is 3.96. The van der Waals surface area contributed by atoms with E-state index in [4.69, 9.17) is 0 Å². The van der Waals surface area contributed by atoms with Gasteiger partial charge in [0.05, 0.1) is 6.10 Å². The summed E-state index contributed by atoms with van der Waals surface area (Å²) < 4.78 is 0. The molecule has 58 valence electrons. The maximum absolute atomic E-state index is 10.2. The summed E-state index contributed by atoms with van der Waals surface area (Å²) in [5.41, 5.74) is 0. The fourth-order valence-electron chi connectivity index (χ4n) is 0.699. The number of rotatable bonds is 4. The van der Waals surface area contributed by atoms with Gasteiger partial charge in [-0.2, -0.15) is 0 Å². The third-order valence-electron chi connectivity index (χ3n) is 1.66. The standard InChI is InChI=1S/C8H14O2/c1-4-6(2)8(10)7(3)5-9/h4-8,10H,1H2,2-3H3. The zero-order valence-corrected chi connectivity index (χ0v) is 6.45. The first-order chi connectivity index (χ1) is 4.63. The number of hydrogen-bond acceptors (Lipinski definition) is 2. The molecule has 0 spiro atoms. The molecule has 10 heavy (non-hydrogen) atoms. The highest BCUT2D eigenvalue weighted by Crippen LogP contribution is 2.11. The molecule has 0 aliphatic heterocycles. The Morgan fingerprint density at radius 2 is 1.90 bits per heavy atom. The van der Waals surface area contributed by atoms with E-state index in [0.29, 0.717) is 0 Å². The van der Waals surface area contributed by atoms with Crippen LogP contribution < -0.4 is 0 Å². The third-order valence-corrected chi connectivity index (χ3v) is 1.66. The second-order valence-corrected chi connectivity index (χ2v) is 2.58. The van der Waals surface area contributed by atoms with E-state index in [1.807, 2.05) is 6.92 Å². The van der Waals surface area contributed by atoms with Gasteiger partial charge in [0.25, 0.3) is 0 Å². The third kappa shape index (κ3) is 2.31. The van der Waals surface area contributed by atoms with Gasteiger partial charge < -0.3 is 9.90 Å². The fraction of sp³-hybridized carbons (Fsp3) is 0.625. The van der Waals surface area contributed by atoms with Crippen LogP contribution in [0.2, 0.25) is 0 Å². The normalized spacial score (nSPS) is 19.1. The Hall–Kier alpha value is -0.630. The number of aliphatic hydroxyl groups excluding tert-OH is 1. The molecule has 0 saturated carbocycles. The van der Waals surface area contributed by atoms with Crippen molar-refractivity contribution in [2.75, 3.05) is 0 Å². The van der Waals surface area contributed by atoms with E-state index < -0.39 is 6.10 Å². The smallest absolute Gasteiger partial charge is 0.125 e. The second kappa shape index (κ2) is 4.23. The molecule has 3 atom stereocenters. The van der Waals surface area contributed by atoms with E-state index in [-0.39, 0.29) is 11.8 Å². The molecule has 0 rings (SSSR count). The van der Waals surface area contributed by atoms with E-state index in [9.17, 15) is 9.90 Å². The molecule has 0 aromatic rings. The Balaban J connectivity index is 3.91. The Morgan fingerprint density at radius 1 is 1.40 bits per heavy atom. The van der Waals surface area contributed by atoms with Crippen molar-refractivity contribution in [3.05, 3.63) is 12.7 Å². The van der Waals surface area contributed by atoms with Crippen LogP contribution in [0.3, 0.4) is 0 Å². The zero-order chi connectivity index (χ0) is 8.15. The van der Waals surface area contributed by atoms with Crippen molar-refractivity contribution >= 4 is 6.29 Å². The molecule has 0 heterocycles. The predicted octanol–water partition coefficient (Wildman–Crippen LogP) is 1.00. The molecule has 0 aliphatic rings. The van der Waals surface area contributed by atoms with Crippen LogP contribution in [0.15, 0.2) is 12.7 Å². The number of carbonyl (C=O) groups is 1. The maximum Gasteiger partial charge on any atom is 0.125 e. The molecule has 0 aliphatic carbocycles. The predicted molar refractivity (Wildman–Crippen MR) is 40.6 cm³/mol. The fourth-order valence-corrected chi connectivity index (χ4v) is 0.699. The maximum atomic E-state index is 10.2. The molecule has 0 saturated heterocycles. The highest BCUT2D eigenvalue weighted by molar-refractivity contribution is 5.53. The molecule has 0 radical (unpaired) electrons. The Labute approximate surface area is 61.6 Å². The second-order valence-electron chi connectivity index (χ2n) is 2.58. The van der Waals surface area contributed by atoms with Gasteiger partial charge in [0.2, 0.25) is 0 Å². The summed E-state index contributed by atoms with van der Waals surface area (Å²) in [5, 5.41) is 9.28. The Morgan fingerprint density at radius 3 is 2.20 bits per heavy atom. The van der Waals surface area contributed by atoms with Gasteiger partial charge in [-0.3, -0.25) is 0 Å². The molecule has 0 amide bonds. The summed E-state index contributed by atoms with van der Waals surface area (Å²) in [7, 11) is 0. The largest absolute Gasteiger partial charge is 0.392 e. The summed E-state index contributed by atoms with van der Waals surface area (Å²) in [6.45, 7) is 7.05. The van der Waals surface area contributed by atoms with Crippen LogP contribution in [-0.2, 0) is 4.79 Å². The van der Waals surface area contributed by atoms with Gasteiger partial charge in [-0.25, -0.2) is 0 Å². The number of aldehydes is 1. The number of carbonyl (C=O) groups excluding carboxylic acids is 1. The van der Waals surface area contributed by atoms with E-state index in [2.05, 4.69) is 6.58 Å². The van der Waals surface area contributed by atoms with Crippen molar-refractivity contribution in [3.8, 4) is 0 Å². The van der Waals surface area contributed by atoms with E-state index in [1.54, 1.807) is 13.0 Å². The van der Waals surface area contributed by atoms with Gasteiger partial charge in [-0.05, 0) is 0 Å². The first-order valence-corrected chi connectivity index (χ1v) is 3.39. The van der Waals surface area contributed by atoms with Gasteiger partial charge in [0, 0.05) is 11.8 Å². The molecular formula is C8H14O2. The topological polar surface area (TPSA) is 37.3 Å². The number of hydrogen-bond donors (Lipinski definition) is 1. The molecular weight excluding hydrogens is 128 g/mol. The molecule has 2 heteroatoms. The van der Waals surface area contributed by atoms with E-state index in [1.165, 1.54) is 0 Å². The molecule has 1 N–H and O–H groups in total. The van der Waals surface area contributed by atoms with Gasteiger partial charge in [0.1, 0.15) is 6.29 Å². The van der Waals surface area contributed by atoms with Gasteiger partial charge in [-0.15, -0.1) is 6.58 Å². The highest BCUT2D eigenvalue weighted by atomic mass is 16.3. The van der Waals surface area contributed by atoms with Crippen molar-refractivity contribution in [1.29, 1.82) is 0 Å². The van der Waals surface area contributed by atoms with Gasteiger partial charge in [0.15, 0.2) is 0 Å². The average Bonchev–Trinajstić information content (AvgIpc) is 2.00. The lowest BCUT2D eigenvalue weighted by Crippen LogP contribution is -2.24. The summed E-state index contributed by atoms with van der Waals surface area (Å²) in [6.07, 6.45) is 1.81. The van der Waals surface area contributed by atoms with Crippen LogP contribution in [0.4, 0.5) is 0 Å². The summed E-state index contributed by atoms with van der Waals surface area (Å²) in [4.78, 5) is 10.2. The highest BCUT2D eigenvalue weighted by Gasteiger charge is 2.17. The molecule has 3 unspecified atom stereocenters. The minimum Gasteiger partial charge on any atom is -0.392 e. The lowest BCUT2D eigenvalue weighted by atomic mass is 9.95. The lowest BCUT2D eigenvalue weighted by molar-refractivity contribution is -0.114. The first-order valence-electron chi connectivity index (χ1n) is 3.39. The Bertz CT molecular complexity index is 106. The molecule has 0 aromatic carbocycles. The van der Waals surface area contributed by atoms with Crippen LogP contribution in [0.1, 0.15) is 13.8 Å². The van der Waals surface area contributed by atoms with E-state index >= 15 is 0 Å². The van der Waals surface area contributed by atoms with Crippen molar-refractivity contribution in [2.45, 2.75) is 20.0 Å². The molecule has 0 fully saturated rings. The number of aliphatic hydroxyl groups is 1. The summed E-state index contributed by atoms with van der Waals surface area (Å²) >= 11 is 0. The quantitative estimate of drug-likeness (QED) is 0.469. The monoisotopic (exact) mass is 142 g/mol. The van der Waals surface area contributed by atoms with Crippen LogP contribution in [0, 0.1) is 11.8 Å². The molecule has 2 nitrogen and oxygen atoms in total. The average molecular weight is 142 g/mol.